The van der Waals surface area contributed by atoms with E-state index in [-0.39, 0.29) is 17.7 Å². The quantitative estimate of drug-likeness (QED) is 0.341. The monoisotopic (exact) mass is 454 g/mol. The van der Waals surface area contributed by atoms with Crippen molar-refractivity contribution in [1.82, 2.24) is 20.5 Å². The van der Waals surface area contributed by atoms with Gasteiger partial charge in [0.2, 0.25) is 11.1 Å². The second-order valence-electron chi connectivity index (χ2n) is 7.81. The molecule has 1 heterocycles. The zero-order chi connectivity index (χ0) is 22.9. The molecule has 33 heavy (non-hydrogen) atoms. The molecule has 0 saturated carbocycles. The lowest BCUT2D eigenvalue weighted by molar-refractivity contribution is -0.119. The Morgan fingerprint density at radius 2 is 1.39 bits per heavy atom. The summed E-state index contributed by atoms with van der Waals surface area (Å²) in [6, 6.07) is 30.2. The highest BCUT2D eigenvalue weighted by Crippen LogP contribution is 2.29. The lowest BCUT2D eigenvalue weighted by Crippen LogP contribution is -2.34. The van der Waals surface area contributed by atoms with Gasteiger partial charge in [0.25, 0.3) is 0 Å². The number of hydrogen-bond acceptors (Lipinski definition) is 5. The molecule has 1 unspecified atom stereocenters. The average molecular weight is 455 g/mol. The number of aromatic nitrogens is 3. The van der Waals surface area contributed by atoms with Crippen molar-refractivity contribution in [2.24, 2.45) is 0 Å². The molecule has 166 valence electrons. The number of aryl methyl sites for hydroxylation is 1. The number of benzene rings is 3. The molecule has 0 aliphatic rings. The van der Waals surface area contributed by atoms with E-state index >= 15 is 0 Å². The molecule has 0 radical (unpaired) electrons. The normalized spacial score (nSPS) is 11.7. The van der Waals surface area contributed by atoms with Crippen molar-refractivity contribution < 1.29 is 4.79 Å². The molecule has 1 aromatic heterocycles. The predicted octanol–water partition coefficient (Wildman–Crippen LogP) is 5.44. The van der Waals surface area contributed by atoms with Crippen LogP contribution in [0.2, 0.25) is 0 Å². The third-order valence-corrected chi connectivity index (χ3v) is 6.05. The molecule has 0 fully saturated rings. The van der Waals surface area contributed by atoms with Crippen molar-refractivity contribution in [2.75, 3.05) is 5.75 Å². The van der Waals surface area contributed by atoms with Crippen molar-refractivity contribution >= 4 is 17.7 Å². The van der Waals surface area contributed by atoms with Crippen molar-refractivity contribution in [1.29, 1.82) is 0 Å². The van der Waals surface area contributed by atoms with Gasteiger partial charge in [-0.25, -0.2) is 4.98 Å². The summed E-state index contributed by atoms with van der Waals surface area (Å²) < 4.78 is 0. The van der Waals surface area contributed by atoms with Gasteiger partial charge >= 0.3 is 0 Å². The zero-order valence-corrected chi connectivity index (χ0v) is 19.3. The smallest absolute Gasteiger partial charge is 0.230 e. The second-order valence-corrected chi connectivity index (χ2v) is 8.75. The Balaban J connectivity index is 1.40. The van der Waals surface area contributed by atoms with Crippen molar-refractivity contribution in [3.8, 4) is 22.5 Å². The Labute approximate surface area is 198 Å². The third-order valence-electron chi connectivity index (χ3n) is 5.21. The maximum atomic E-state index is 12.5. The average Bonchev–Trinajstić information content (AvgIpc) is 2.88. The molecule has 0 spiro atoms. The molecular weight excluding hydrogens is 428 g/mol. The van der Waals surface area contributed by atoms with E-state index in [1.165, 1.54) is 17.3 Å². The number of amides is 1. The molecule has 0 bridgehead atoms. The first-order valence-electron chi connectivity index (χ1n) is 11.0. The molecule has 0 aliphatic heterocycles. The van der Waals surface area contributed by atoms with Crippen LogP contribution in [0.1, 0.15) is 18.9 Å². The van der Waals surface area contributed by atoms with E-state index in [9.17, 15) is 4.79 Å². The molecule has 4 aromatic rings. The van der Waals surface area contributed by atoms with Crippen LogP contribution in [0.5, 0.6) is 0 Å². The van der Waals surface area contributed by atoms with Gasteiger partial charge in [-0.3, -0.25) is 4.79 Å². The highest BCUT2D eigenvalue weighted by Gasteiger charge is 2.15. The lowest BCUT2D eigenvalue weighted by atomic mass is 10.0. The number of rotatable bonds is 9. The molecule has 1 amide bonds. The molecule has 0 saturated heterocycles. The standard InChI is InChI=1S/C27H26N4OS/c1-20(17-18-21-11-5-2-6-12-21)28-24(32)19-33-27-29-25(22-13-7-3-8-14-22)26(30-31-27)23-15-9-4-10-16-23/h2-16,20H,17-19H2,1H3,(H,28,32). The fraction of sp³-hybridized carbons (Fsp3) is 0.185. The minimum absolute atomic E-state index is 0.0300. The van der Waals surface area contributed by atoms with E-state index in [0.29, 0.717) is 5.16 Å². The van der Waals surface area contributed by atoms with Gasteiger partial charge < -0.3 is 5.32 Å². The molecule has 1 atom stereocenters. The zero-order valence-electron chi connectivity index (χ0n) is 18.5. The van der Waals surface area contributed by atoms with Crippen LogP contribution in [0.4, 0.5) is 0 Å². The molecule has 0 aliphatic carbocycles. The number of thioether (sulfide) groups is 1. The minimum atomic E-state index is -0.0300. The van der Waals surface area contributed by atoms with E-state index in [1.54, 1.807) is 0 Å². The van der Waals surface area contributed by atoms with Gasteiger partial charge in [-0.1, -0.05) is 103 Å². The summed E-state index contributed by atoms with van der Waals surface area (Å²) >= 11 is 1.30. The van der Waals surface area contributed by atoms with Crippen molar-refractivity contribution in [3.05, 3.63) is 96.6 Å². The molecule has 4 rings (SSSR count). The molecule has 3 aromatic carbocycles. The Hall–Kier alpha value is -3.51. The number of nitrogens with one attached hydrogen (secondary N) is 1. The predicted molar refractivity (Wildman–Crippen MR) is 134 cm³/mol. The van der Waals surface area contributed by atoms with E-state index < -0.39 is 0 Å². The topological polar surface area (TPSA) is 67.8 Å². The van der Waals surface area contributed by atoms with Crippen LogP contribution >= 0.6 is 11.8 Å². The Morgan fingerprint density at radius 1 is 0.818 bits per heavy atom. The van der Waals surface area contributed by atoms with Gasteiger partial charge in [0.15, 0.2) is 0 Å². The van der Waals surface area contributed by atoms with E-state index in [2.05, 4.69) is 27.6 Å². The fourth-order valence-corrected chi connectivity index (χ4v) is 4.10. The number of nitrogens with zero attached hydrogens (tertiary/aromatic N) is 3. The number of carbonyl (C=O) groups is 1. The van der Waals surface area contributed by atoms with Crippen LogP contribution in [0, 0.1) is 0 Å². The molecular formula is C27H26N4OS. The summed E-state index contributed by atoms with van der Waals surface area (Å²) in [4.78, 5) is 17.2. The van der Waals surface area contributed by atoms with Gasteiger partial charge in [0.05, 0.1) is 5.75 Å². The summed E-state index contributed by atoms with van der Waals surface area (Å²) in [7, 11) is 0. The highest BCUT2D eigenvalue weighted by atomic mass is 32.2. The summed E-state index contributed by atoms with van der Waals surface area (Å²) in [5, 5.41) is 12.3. The maximum absolute atomic E-state index is 12.5. The van der Waals surface area contributed by atoms with E-state index in [1.807, 2.05) is 85.8 Å². The summed E-state index contributed by atoms with van der Waals surface area (Å²) in [5.74, 6) is 0.216. The van der Waals surface area contributed by atoms with Crippen LogP contribution in [-0.2, 0) is 11.2 Å². The number of carbonyl (C=O) groups excluding carboxylic acids is 1. The highest BCUT2D eigenvalue weighted by molar-refractivity contribution is 7.99. The molecule has 6 heteroatoms. The van der Waals surface area contributed by atoms with Crippen molar-refractivity contribution in [2.45, 2.75) is 31.0 Å². The van der Waals surface area contributed by atoms with Crippen molar-refractivity contribution in [3.63, 3.8) is 0 Å². The SMILES string of the molecule is CC(CCc1ccccc1)NC(=O)CSc1nnc(-c2ccccc2)c(-c2ccccc2)n1. The first-order valence-corrected chi connectivity index (χ1v) is 12.0. The summed E-state index contributed by atoms with van der Waals surface area (Å²) in [5.41, 5.74) is 4.69. The van der Waals surface area contributed by atoms with Crippen LogP contribution < -0.4 is 5.32 Å². The molecule has 5 nitrogen and oxygen atoms in total. The minimum Gasteiger partial charge on any atom is -0.353 e. The first-order chi connectivity index (χ1) is 16.2. The summed E-state index contributed by atoms with van der Waals surface area (Å²) in [6.45, 7) is 2.03. The first kappa shape index (κ1) is 22.7. The summed E-state index contributed by atoms with van der Waals surface area (Å²) in [6.07, 6.45) is 1.83. The van der Waals surface area contributed by atoms with Gasteiger partial charge in [0.1, 0.15) is 11.4 Å². The largest absolute Gasteiger partial charge is 0.353 e. The van der Waals surface area contributed by atoms with Gasteiger partial charge in [-0.2, -0.15) is 0 Å². The fourth-order valence-electron chi connectivity index (χ4n) is 3.51. The van der Waals surface area contributed by atoms with Crippen LogP contribution in [0.25, 0.3) is 22.5 Å². The van der Waals surface area contributed by atoms with Crippen LogP contribution in [0.3, 0.4) is 0 Å². The Kier molecular flexibility index (Phi) is 7.82. The Bertz CT molecular complexity index is 1170. The van der Waals surface area contributed by atoms with Gasteiger partial charge in [-0.05, 0) is 25.3 Å². The number of hydrogen-bond donors (Lipinski definition) is 1. The van der Waals surface area contributed by atoms with Gasteiger partial charge in [0, 0.05) is 17.2 Å². The van der Waals surface area contributed by atoms with Gasteiger partial charge in [-0.15, -0.1) is 10.2 Å². The van der Waals surface area contributed by atoms with Crippen LogP contribution in [0.15, 0.2) is 96.2 Å². The van der Waals surface area contributed by atoms with E-state index in [4.69, 9.17) is 4.98 Å². The maximum Gasteiger partial charge on any atom is 0.230 e. The molecule has 1 N–H and O–H groups in total. The Morgan fingerprint density at radius 3 is 2.03 bits per heavy atom. The van der Waals surface area contributed by atoms with E-state index in [0.717, 1.165) is 35.4 Å². The van der Waals surface area contributed by atoms with Crippen LogP contribution in [-0.4, -0.2) is 32.9 Å². The third kappa shape index (κ3) is 6.49. The lowest BCUT2D eigenvalue weighted by Gasteiger charge is -2.14. The second kappa shape index (κ2) is 11.4.